The zero-order valence-corrected chi connectivity index (χ0v) is 15.4. The number of carbonyl (C=O) groups is 1. The Kier molecular flexibility index (Phi) is 5.66. The molecule has 0 aliphatic rings. The Morgan fingerprint density at radius 3 is 2.21 bits per heavy atom. The van der Waals surface area contributed by atoms with Crippen LogP contribution in [0.15, 0.2) is 36.4 Å². The van der Waals surface area contributed by atoms with Crippen molar-refractivity contribution in [2.75, 3.05) is 0 Å². The maximum absolute atomic E-state index is 12.4. The molecule has 2 rings (SSSR count). The van der Waals surface area contributed by atoms with Crippen LogP contribution in [0.1, 0.15) is 47.7 Å². The maximum Gasteiger partial charge on any atom is 0.261 e. The van der Waals surface area contributed by atoms with E-state index in [-0.39, 0.29) is 11.9 Å². The molecule has 0 radical (unpaired) electrons. The molecule has 0 aromatic heterocycles. The summed E-state index contributed by atoms with van der Waals surface area (Å²) in [4.78, 5) is 12.4. The Labute approximate surface area is 145 Å². The molecule has 2 unspecified atom stereocenters. The first kappa shape index (κ1) is 18.1. The van der Waals surface area contributed by atoms with Crippen molar-refractivity contribution >= 4 is 5.91 Å². The summed E-state index contributed by atoms with van der Waals surface area (Å²) in [6.07, 6.45) is -0.544. The molecule has 24 heavy (non-hydrogen) atoms. The third-order valence-corrected chi connectivity index (χ3v) is 4.37. The molecule has 128 valence electrons. The third kappa shape index (κ3) is 4.38. The van der Waals surface area contributed by atoms with E-state index >= 15 is 0 Å². The van der Waals surface area contributed by atoms with Crippen LogP contribution in [0.25, 0.3) is 0 Å². The minimum Gasteiger partial charge on any atom is -0.481 e. The first-order valence-corrected chi connectivity index (χ1v) is 8.39. The Balaban J connectivity index is 2.03. The molecule has 2 aromatic carbocycles. The van der Waals surface area contributed by atoms with Crippen LogP contribution in [-0.4, -0.2) is 12.0 Å². The van der Waals surface area contributed by atoms with Gasteiger partial charge in [-0.2, -0.15) is 0 Å². The van der Waals surface area contributed by atoms with Gasteiger partial charge >= 0.3 is 0 Å². The number of aryl methyl sites for hydroxylation is 3. The largest absolute Gasteiger partial charge is 0.481 e. The highest BCUT2D eigenvalue weighted by atomic mass is 16.5. The van der Waals surface area contributed by atoms with Crippen LogP contribution >= 0.6 is 0 Å². The van der Waals surface area contributed by atoms with Crippen molar-refractivity contribution in [3.8, 4) is 5.75 Å². The van der Waals surface area contributed by atoms with Crippen LogP contribution in [0.2, 0.25) is 0 Å². The lowest BCUT2D eigenvalue weighted by molar-refractivity contribution is -0.127. The molecule has 0 heterocycles. The topological polar surface area (TPSA) is 38.3 Å². The van der Waals surface area contributed by atoms with E-state index in [1.54, 1.807) is 6.92 Å². The predicted octanol–water partition coefficient (Wildman–Crippen LogP) is 4.56. The summed E-state index contributed by atoms with van der Waals surface area (Å²) >= 11 is 0. The average molecular weight is 325 g/mol. The minimum atomic E-state index is -0.544. The van der Waals surface area contributed by atoms with E-state index in [0.29, 0.717) is 0 Å². The second-order valence-corrected chi connectivity index (χ2v) is 6.61. The lowest BCUT2D eigenvalue weighted by atomic mass is 10.1. The van der Waals surface area contributed by atoms with Crippen LogP contribution in [0.3, 0.4) is 0 Å². The Bertz CT molecular complexity index is 719. The van der Waals surface area contributed by atoms with Gasteiger partial charge in [-0.05, 0) is 69.9 Å². The van der Waals surface area contributed by atoms with E-state index in [1.807, 2.05) is 39.0 Å². The van der Waals surface area contributed by atoms with Crippen LogP contribution in [0, 0.1) is 27.7 Å². The van der Waals surface area contributed by atoms with Crippen molar-refractivity contribution in [3.63, 3.8) is 0 Å². The van der Waals surface area contributed by atoms with Crippen LogP contribution in [0.5, 0.6) is 5.75 Å². The monoisotopic (exact) mass is 325 g/mol. The molecule has 0 fully saturated rings. The molecular formula is C21H27NO2. The van der Waals surface area contributed by atoms with Crippen LogP contribution in [-0.2, 0) is 4.79 Å². The van der Waals surface area contributed by atoms with Gasteiger partial charge in [-0.15, -0.1) is 0 Å². The van der Waals surface area contributed by atoms with Gasteiger partial charge in [0.05, 0.1) is 6.04 Å². The van der Waals surface area contributed by atoms with Gasteiger partial charge in [0.15, 0.2) is 6.10 Å². The maximum atomic E-state index is 12.4. The fourth-order valence-corrected chi connectivity index (χ4v) is 2.64. The lowest BCUT2D eigenvalue weighted by Gasteiger charge is -2.20. The number of nitrogens with one attached hydrogen (secondary N) is 1. The fraction of sp³-hybridized carbons (Fsp3) is 0.381. The summed E-state index contributed by atoms with van der Waals surface area (Å²) in [7, 11) is 0. The molecule has 2 atom stereocenters. The molecule has 0 aliphatic heterocycles. The number of rotatable bonds is 5. The molecule has 1 N–H and O–H groups in total. The molecule has 0 bridgehead atoms. The van der Waals surface area contributed by atoms with Gasteiger partial charge in [0.1, 0.15) is 5.75 Å². The van der Waals surface area contributed by atoms with E-state index in [0.717, 1.165) is 22.4 Å². The van der Waals surface area contributed by atoms with Crippen molar-refractivity contribution in [2.45, 2.75) is 53.7 Å². The van der Waals surface area contributed by atoms with Crippen molar-refractivity contribution in [1.82, 2.24) is 5.32 Å². The van der Waals surface area contributed by atoms with Crippen molar-refractivity contribution < 1.29 is 9.53 Å². The molecule has 2 aromatic rings. The van der Waals surface area contributed by atoms with Gasteiger partial charge in [-0.25, -0.2) is 0 Å². The Hall–Kier alpha value is -2.29. The summed E-state index contributed by atoms with van der Waals surface area (Å²) in [6.45, 7) is 11.9. The number of hydrogen-bond acceptors (Lipinski definition) is 2. The molecule has 3 nitrogen and oxygen atoms in total. The van der Waals surface area contributed by atoms with Crippen LogP contribution in [0.4, 0.5) is 0 Å². The summed E-state index contributed by atoms with van der Waals surface area (Å²) in [5.74, 6) is 0.666. The fourth-order valence-electron chi connectivity index (χ4n) is 2.64. The first-order chi connectivity index (χ1) is 11.3. The summed E-state index contributed by atoms with van der Waals surface area (Å²) in [5, 5.41) is 3.02. The lowest BCUT2D eigenvalue weighted by Crippen LogP contribution is -2.37. The average Bonchev–Trinajstić information content (AvgIpc) is 2.52. The quantitative estimate of drug-likeness (QED) is 0.875. The third-order valence-electron chi connectivity index (χ3n) is 4.37. The van der Waals surface area contributed by atoms with Gasteiger partial charge in [-0.1, -0.05) is 35.9 Å². The van der Waals surface area contributed by atoms with Crippen molar-refractivity contribution in [1.29, 1.82) is 0 Å². The molecule has 1 amide bonds. The van der Waals surface area contributed by atoms with E-state index in [4.69, 9.17) is 4.74 Å². The Morgan fingerprint density at radius 2 is 1.58 bits per heavy atom. The van der Waals surface area contributed by atoms with Gasteiger partial charge in [-0.3, -0.25) is 4.79 Å². The number of hydrogen-bond donors (Lipinski definition) is 1. The second kappa shape index (κ2) is 7.52. The van der Waals surface area contributed by atoms with Gasteiger partial charge in [0, 0.05) is 0 Å². The highest BCUT2D eigenvalue weighted by Crippen LogP contribution is 2.24. The number of carbonyl (C=O) groups excluding carboxylic acids is 1. The van der Waals surface area contributed by atoms with Gasteiger partial charge in [0.25, 0.3) is 5.91 Å². The van der Waals surface area contributed by atoms with E-state index in [9.17, 15) is 4.79 Å². The van der Waals surface area contributed by atoms with Crippen LogP contribution < -0.4 is 10.1 Å². The van der Waals surface area contributed by atoms with Gasteiger partial charge < -0.3 is 10.1 Å². The molecule has 0 saturated heterocycles. The van der Waals surface area contributed by atoms with Crippen molar-refractivity contribution in [2.24, 2.45) is 0 Å². The summed E-state index contributed by atoms with van der Waals surface area (Å²) in [5.41, 5.74) is 5.68. The minimum absolute atomic E-state index is 0.0514. The van der Waals surface area contributed by atoms with E-state index in [1.165, 1.54) is 11.1 Å². The first-order valence-electron chi connectivity index (χ1n) is 8.39. The van der Waals surface area contributed by atoms with E-state index < -0.39 is 6.10 Å². The summed E-state index contributed by atoms with van der Waals surface area (Å²) in [6, 6.07) is 12.2. The normalized spacial score (nSPS) is 13.2. The molecular weight excluding hydrogens is 298 g/mol. The number of amides is 1. The van der Waals surface area contributed by atoms with E-state index in [2.05, 4.69) is 37.4 Å². The molecule has 0 saturated carbocycles. The Morgan fingerprint density at radius 1 is 0.958 bits per heavy atom. The molecule has 3 heteroatoms. The van der Waals surface area contributed by atoms with Gasteiger partial charge in [0.2, 0.25) is 0 Å². The standard InChI is InChI=1S/C21H27NO2/c1-13-7-9-19(10-8-13)17(5)22-21(23)18(6)24-20-12-14(2)11-15(3)16(20)4/h7-12,17-18H,1-6H3,(H,22,23). The van der Waals surface area contributed by atoms with Crippen molar-refractivity contribution in [3.05, 3.63) is 64.2 Å². The second-order valence-electron chi connectivity index (χ2n) is 6.61. The SMILES string of the molecule is Cc1ccc(C(C)NC(=O)C(C)Oc2cc(C)cc(C)c2C)cc1. The molecule has 0 aliphatic carbocycles. The highest BCUT2D eigenvalue weighted by Gasteiger charge is 2.19. The summed E-state index contributed by atoms with van der Waals surface area (Å²) < 4.78 is 5.91. The zero-order chi connectivity index (χ0) is 17.9. The highest BCUT2D eigenvalue weighted by molar-refractivity contribution is 5.81. The smallest absolute Gasteiger partial charge is 0.261 e. The zero-order valence-electron chi connectivity index (χ0n) is 15.4. The molecule has 0 spiro atoms. The number of ether oxygens (including phenoxy) is 1. The predicted molar refractivity (Wildman–Crippen MR) is 98.5 cm³/mol. The number of benzene rings is 2.